The number of unbranched alkanes of at least 4 members (excludes halogenated alkanes) is 2. The lowest BCUT2D eigenvalue weighted by molar-refractivity contribution is 0.281. The summed E-state index contributed by atoms with van der Waals surface area (Å²) in [6.07, 6.45) is 2.57. The maximum absolute atomic E-state index is 12.2. The number of sulfone groups is 1. The maximum atomic E-state index is 12.2. The zero-order chi connectivity index (χ0) is 14.5. The molecule has 0 aromatic carbocycles. The number of rotatable bonds is 7. The van der Waals surface area contributed by atoms with E-state index in [0.717, 1.165) is 6.42 Å². The van der Waals surface area contributed by atoms with Crippen LogP contribution in [0.1, 0.15) is 32.1 Å². The Morgan fingerprint density at radius 3 is 2.26 bits per heavy atom. The monoisotopic (exact) mass is 313 g/mol. The van der Waals surface area contributed by atoms with Crippen molar-refractivity contribution in [2.75, 3.05) is 31.7 Å². The second-order valence-corrected chi connectivity index (χ2v) is 9.63. The van der Waals surface area contributed by atoms with Gasteiger partial charge in [0.25, 0.3) is 0 Å². The lowest BCUT2D eigenvalue weighted by atomic mass is 10.2. The summed E-state index contributed by atoms with van der Waals surface area (Å²) in [5, 5.41) is 8.09. The van der Waals surface area contributed by atoms with Crippen LogP contribution in [0.4, 0.5) is 0 Å². The van der Waals surface area contributed by atoms with Crippen molar-refractivity contribution in [3.63, 3.8) is 0 Å². The van der Waals surface area contributed by atoms with Crippen LogP contribution in [0.2, 0.25) is 0 Å². The number of aliphatic hydroxyl groups is 1. The molecule has 0 aliphatic carbocycles. The fraction of sp³-hybridized carbons (Fsp3) is 1.00. The Morgan fingerprint density at radius 1 is 1.16 bits per heavy atom. The third-order valence-corrected chi connectivity index (χ3v) is 7.57. The largest absolute Gasteiger partial charge is 0.396 e. The van der Waals surface area contributed by atoms with Gasteiger partial charge in [-0.25, -0.2) is 21.1 Å². The van der Waals surface area contributed by atoms with Gasteiger partial charge in [-0.3, -0.25) is 0 Å². The molecule has 1 rings (SSSR count). The molecule has 1 aliphatic heterocycles. The first-order valence-corrected chi connectivity index (χ1v) is 9.88. The number of hydrogen-bond donors (Lipinski definition) is 1. The molecule has 0 aromatic heterocycles. The van der Waals surface area contributed by atoms with Crippen LogP contribution in [0.3, 0.4) is 0 Å². The topological polar surface area (TPSA) is 91.8 Å². The third-order valence-electron chi connectivity index (χ3n) is 3.49. The molecular formula is C11H23NO5S2. The molecule has 0 radical (unpaired) electrons. The Labute approximate surface area is 115 Å². The second kappa shape index (κ2) is 7.01. The molecule has 1 heterocycles. The molecule has 1 saturated heterocycles. The van der Waals surface area contributed by atoms with E-state index >= 15 is 0 Å². The highest BCUT2D eigenvalue weighted by atomic mass is 32.2. The molecule has 0 spiro atoms. The molecule has 19 heavy (non-hydrogen) atoms. The summed E-state index contributed by atoms with van der Waals surface area (Å²) in [5.74, 6) is -0.0650. The highest BCUT2D eigenvalue weighted by Gasteiger charge is 2.34. The Hall–Kier alpha value is -0.180. The van der Waals surface area contributed by atoms with Crippen LogP contribution in [0, 0.1) is 0 Å². The van der Waals surface area contributed by atoms with Crippen molar-refractivity contribution in [2.45, 2.75) is 37.4 Å². The molecule has 0 saturated carbocycles. The van der Waals surface area contributed by atoms with Crippen molar-refractivity contribution in [3.05, 3.63) is 0 Å². The van der Waals surface area contributed by atoms with Crippen molar-refractivity contribution in [1.82, 2.24) is 4.31 Å². The standard InChI is InChI=1S/C11H23NO5S2/c1-12(7-3-2-4-8-13)19(16,17)11-5-9-18(14,15)10-6-11/h11,13H,2-10H2,1H3. The predicted octanol–water partition coefficient (Wildman–Crippen LogP) is -0.0122. The Balaban J connectivity index is 2.51. The first-order valence-electron chi connectivity index (χ1n) is 6.56. The SMILES string of the molecule is CN(CCCCCO)S(=O)(=O)C1CCS(=O)(=O)CC1. The average Bonchev–Trinajstić information content (AvgIpc) is 2.33. The molecule has 1 N–H and O–H groups in total. The summed E-state index contributed by atoms with van der Waals surface area (Å²) < 4.78 is 48.4. The van der Waals surface area contributed by atoms with E-state index in [2.05, 4.69) is 0 Å². The van der Waals surface area contributed by atoms with Crippen LogP contribution in [-0.4, -0.2) is 63.2 Å². The smallest absolute Gasteiger partial charge is 0.216 e. The summed E-state index contributed by atoms with van der Waals surface area (Å²) in [5.41, 5.74) is 0. The second-order valence-electron chi connectivity index (χ2n) is 5.00. The molecule has 0 unspecified atom stereocenters. The number of aliphatic hydroxyl groups excluding tert-OH is 1. The zero-order valence-corrected chi connectivity index (χ0v) is 12.9. The average molecular weight is 313 g/mol. The summed E-state index contributed by atoms with van der Waals surface area (Å²) in [7, 11) is -4.89. The van der Waals surface area contributed by atoms with Crippen molar-refractivity contribution in [2.24, 2.45) is 0 Å². The van der Waals surface area contributed by atoms with Gasteiger partial charge in [0.1, 0.15) is 9.84 Å². The predicted molar refractivity (Wildman–Crippen MR) is 74.2 cm³/mol. The summed E-state index contributed by atoms with van der Waals surface area (Å²) in [6, 6.07) is 0. The third kappa shape index (κ3) is 5.02. The lowest BCUT2D eigenvalue weighted by Crippen LogP contribution is -2.41. The molecule has 0 atom stereocenters. The van der Waals surface area contributed by atoms with E-state index in [0.29, 0.717) is 19.4 Å². The van der Waals surface area contributed by atoms with Gasteiger partial charge in [-0.1, -0.05) is 0 Å². The van der Waals surface area contributed by atoms with E-state index in [4.69, 9.17) is 5.11 Å². The van der Waals surface area contributed by atoms with Crippen LogP contribution >= 0.6 is 0 Å². The van der Waals surface area contributed by atoms with Crippen molar-refractivity contribution in [3.8, 4) is 0 Å². The van der Waals surface area contributed by atoms with Gasteiger partial charge in [0.05, 0.1) is 16.8 Å². The molecule has 1 aliphatic rings. The number of hydrogen-bond acceptors (Lipinski definition) is 5. The van der Waals surface area contributed by atoms with Gasteiger partial charge >= 0.3 is 0 Å². The molecule has 0 amide bonds. The molecule has 1 fully saturated rings. The first-order chi connectivity index (χ1) is 8.79. The molecular weight excluding hydrogens is 290 g/mol. The molecule has 0 aromatic rings. The van der Waals surface area contributed by atoms with Gasteiger partial charge in [-0.05, 0) is 32.1 Å². The van der Waals surface area contributed by atoms with Crippen LogP contribution in [0.25, 0.3) is 0 Å². The van der Waals surface area contributed by atoms with Crippen molar-refractivity contribution < 1.29 is 21.9 Å². The number of sulfonamides is 1. The zero-order valence-electron chi connectivity index (χ0n) is 11.3. The quantitative estimate of drug-likeness (QED) is 0.667. The fourth-order valence-corrected chi connectivity index (χ4v) is 5.68. The first kappa shape index (κ1) is 16.9. The van der Waals surface area contributed by atoms with E-state index < -0.39 is 25.1 Å². The Bertz CT molecular complexity index is 457. The highest BCUT2D eigenvalue weighted by Crippen LogP contribution is 2.22. The van der Waals surface area contributed by atoms with Gasteiger partial charge in [0, 0.05) is 20.2 Å². The minimum Gasteiger partial charge on any atom is -0.396 e. The van der Waals surface area contributed by atoms with Crippen LogP contribution in [-0.2, 0) is 19.9 Å². The van der Waals surface area contributed by atoms with Crippen LogP contribution in [0.5, 0.6) is 0 Å². The van der Waals surface area contributed by atoms with Gasteiger partial charge in [-0.15, -0.1) is 0 Å². The Kier molecular flexibility index (Phi) is 6.22. The van der Waals surface area contributed by atoms with Crippen molar-refractivity contribution >= 4 is 19.9 Å². The minimum atomic E-state index is -3.39. The van der Waals surface area contributed by atoms with E-state index in [9.17, 15) is 16.8 Å². The van der Waals surface area contributed by atoms with E-state index in [-0.39, 0.29) is 31.0 Å². The molecule has 114 valence electrons. The number of nitrogens with zero attached hydrogens (tertiary/aromatic N) is 1. The maximum Gasteiger partial charge on any atom is 0.216 e. The van der Waals surface area contributed by atoms with E-state index in [1.165, 1.54) is 11.4 Å². The van der Waals surface area contributed by atoms with E-state index in [1.54, 1.807) is 0 Å². The van der Waals surface area contributed by atoms with Gasteiger partial charge in [-0.2, -0.15) is 0 Å². The van der Waals surface area contributed by atoms with Crippen LogP contribution < -0.4 is 0 Å². The minimum absolute atomic E-state index is 0.0325. The van der Waals surface area contributed by atoms with Crippen LogP contribution in [0.15, 0.2) is 0 Å². The summed E-state index contributed by atoms with van der Waals surface area (Å²) >= 11 is 0. The van der Waals surface area contributed by atoms with Crippen molar-refractivity contribution in [1.29, 1.82) is 0 Å². The lowest BCUT2D eigenvalue weighted by Gasteiger charge is -2.27. The van der Waals surface area contributed by atoms with E-state index in [1.807, 2.05) is 0 Å². The molecule has 0 bridgehead atoms. The van der Waals surface area contributed by atoms with Gasteiger partial charge in [0.15, 0.2) is 0 Å². The van der Waals surface area contributed by atoms with Gasteiger partial charge < -0.3 is 5.11 Å². The fourth-order valence-electron chi connectivity index (χ4n) is 2.17. The van der Waals surface area contributed by atoms with Gasteiger partial charge in [0.2, 0.25) is 10.0 Å². The Morgan fingerprint density at radius 2 is 1.74 bits per heavy atom. The highest BCUT2D eigenvalue weighted by molar-refractivity contribution is 7.92. The summed E-state index contributed by atoms with van der Waals surface area (Å²) in [6.45, 7) is 0.544. The molecule has 8 heteroatoms. The normalized spacial score (nSPS) is 20.8. The molecule has 6 nitrogen and oxygen atoms in total. The summed E-state index contributed by atoms with van der Waals surface area (Å²) in [4.78, 5) is 0.